The van der Waals surface area contributed by atoms with Crippen LogP contribution >= 0.6 is 45.2 Å². The lowest BCUT2D eigenvalue weighted by molar-refractivity contribution is -0.385. The first kappa shape index (κ1) is 15.6. The molecule has 1 aromatic carbocycles. The van der Waals surface area contributed by atoms with Crippen LogP contribution in [0.15, 0.2) is 23.3 Å². The first-order chi connectivity index (χ1) is 9.93. The van der Waals surface area contributed by atoms with Crippen LogP contribution in [-0.2, 0) is 0 Å². The van der Waals surface area contributed by atoms with Gasteiger partial charge in [0, 0.05) is 6.07 Å². The molecule has 0 spiro atoms. The molecule has 1 aromatic heterocycles. The lowest BCUT2D eigenvalue weighted by atomic mass is 10.2. The summed E-state index contributed by atoms with van der Waals surface area (Å²) < 4.78 is 5.96. The minimum Gasteiger partial charge on any atom is -0.429 e. The number of H-pyrrole nitrogens is 1. The van der Waals surface area contributed by atoms with Gasteiger partial charge in [-0.25, -0.2) is 4.98 Å². The third kappa shape index (κ3) is 3.29. The van der Waals surface area contributed by atoms with E-state index in [2.05, 4.69) is 9.97 Å². The first-order valence-corrected chi connectivity index (χ1v) is 7.39. The SMILES string of the molecule is N#Cc1cc(I)c(Oc2nc[nH]c(=O)c2I)c([N+](=O)[O-])c1. The van der Waals surface area contributed by atoms with E-state index in [1.54, 1.807) is 22.6 Å². The Morgan fingerprint density at radius 3 is 2.76 bits per heavy atom. The first-order valence-electron chi connectivity index (χ1n) is 5.23. The van der Waals surface area contributed by atoms with Crippen LogP contribution in [-0.4, -0.2) is 14.9 Å². The van der Waals surface area contributed by atoms with Crippen molar-refractivity contribution in [2.45, 2.75) is 0 Å². The van der Waals surface area contributed by atoms with Crippen LogP contribution in [0.3, 0.4) is 0 Å². The van der Waals surface area contributed by atoms with Gasteiger partial charge in [-0.2, -0.15) is 5.26 Å². The van der Waals surface area contributed by atoms with Gasteiger partial charge in [0.2, 0.25) is 11.6 Å². The number of hydrogen-bond donors (Lipinski definition) is 1. The van der Waals surface area contributed by atoms with Crippen molar-refractivity contribution in [3.8, 4) is 17.7 Å². The molecule has 0 saturated heterocycles. The summed E-state index contributed by atoms with van der Waals surface area (Å²) in [6, 6.07) is 4.39. The number of aromatic amines is 1. The number of rotatable bonds is 3. The molecule has 0 aliphatic carbocycles. The zero-order chi connectivity index (χ0) is 15.6. The quantitative estimate of drug-likeness (QED) is 0.385. The molecule has 0 radical (unpaired) electrons. The molecule has 0 bridgehead atoms. The predicted molar refractivity (Wildman–Crippen MR) is 88.2 cm³/mol. The Morgan fingerprint density at radius 2 is 2.14 bits per heavy atom. The minimum atomic E-state index is -0.654. The van der Waals surface area contributed by atoms with Gasteiger partial charge in [0.15, 0.2) is 0 Å². The maximum atomic E-state index is 11.5. The van der Waals surface area contributed by atoms with Gasteiger partial charge in [-0.05, 0) is 51.2 Å². The largest absolute Gasteiger partial charge is 0.429 e. The summed E-state index contributed by atoms with van der Waals surface area (Å²) in [6.07, 6.45) is 1.14. The van der Waals surface area contributed by atoms with E-state index in [0.29, 0.717) is 3.57 Å². The summed E-state index contributed by atoms with van der Waals surface area (Å²) in [5.74, 6) is -0.0966. The van der Waals surface area contributed by atoms with Crippen molar-refractivity contribution in [3.05, 3.63) is 51.6 Å². The number of nitro groups is 1. The summed E-state index contributed by atoms with van der Waals surface area (Å²) in [4.78, 5) is 28.1. The van der Waals surface area contributed by atoms with Crippen molar-refractivity contribution in [1.29, 1.82) is 5.26 Å². The number of halogens is 2. The molecule has 106 valence electrons. The van der Waals surface area contributed by atoms with Crippen LogP contribution in [0.5, 0.6) is 11.6 Å². The van der Waals surface area contributed by atoms with Crippen molar-refractivity contribution >= 4 is 50.9 Å². The number of nitrogens with one attached hydrogen (secondary N) is 1. The monoisotopic (exact) mass is 510 g/mol. The second-order valence-electron chi connectivity index (χ2n) is 3.63. The molecule has 0 saturated carbocycles. The Morgan fingerprint density at radius 1 is 1.43 bits per heavy atom. The summed E-state index contributed by atoms with van der Waals surface area (Å²) >= 11 is 3.55. The number of hydrogen-bond acceptors (Lipinski definition) is 6. The fraction of sp³-hybridized carbons (Fsp3) is 0. The van der Waals surface area contributed by atoms with E-state index in [-0.39, 0.29) is 26.5 Å². The summed E-state index contributed by atoms with van der Waals surface area (Å²) in [5.41, 5.74) is -0.629. The summed E-state index contributed by atoms with van der Waals surface area (Å²) in [7, 11) is 0. The van der Waals surface area contributed by atoms with Crippen LogP contribution in [0.1, 0.15) is 5.56 Å². The van der Waals surface area contributed by atoms with Gasteiger partial charge >= 0.3 is 5.69 Å². The van der Waals surface area contributed by atoms with Crippen molar-refractivity contribution in [3.63, 3.8) is 0 Å². The smallest absolute Gasteiger partial charge is 0.314 e. The fourth-order valence-electron chi connectivity index (χ4n) is 1.41. The van der Waals surface area contributed by atoms with Gasteiger partial charge < -0.3 is 9.72 Å². The van der Waals surface area contributed by atoms with Gasteiger partial charge in [-0.15, -0.1) is 0 Å². The van der Waals surface area contributed by atoms with Crippen molar-refractivity contribution in [1.82, 2.24) is 9.97 Å². The van der Waals surface area contributed by atoms with Gasteiger partial charge in [0.25, 0.3) is 5.56 Å². The van der Waals surface area contributed by atoms with Gasteiger partial charge in [-0.3, -0.25) is 14.9 Å². The van der Waals surface area contributed by atoms with Crippen LogP contribution < -0.4 is 10.3 Å². The molecule has 8 nitrogen and oxygen atoms in total. The summed E-state index contributed by atoms with van der Waals surface area (Å²) in [6.45, 7) is 0. The van der Waals surface area contributed by atoms with Crippen LogP contribution in [0.2, 0.25) is 0 Å². The molecule has 0 aliphatic rings. The number of ether oxygens (including phenoxy) is 1. The third-order valence-electron chi connectivity index (χ3n) is 2.31. The molecule has 1 heterocycles. The highest BCUT2D eigenvalue weighted by molar-refractivity contribution is 14.1. The zero-order valence-corrected chi connectivity index (χ0v) is 14.3. The predicted octanol–water partition coefficient (Wildman–Crippen LogP) is 2.55. The van der Waals surface area contributed by atoms with Gasteiger partial charge in [-0.1, -0.05) is 0 Å². The maximum Gasteiger partial charge on any atom is 0.314 e. The molecule has 2 aromatic rings. The molecule has 0 atom stereocenters. The molecule has 0 amide bonds. The maximum absolute atomic E-state index is 11.5. The standard InChI is InChI=1S/C11H4I2N4O4/c12-6-1-5(3-14)2-7(17(19)20)9(6)21-11-8(13)10(18)15-4-16-11/h1-2,4H,(H,15,16,18). The Balaban J connectivity index is 2.59. The molecule has 2 rings (SSSR count). The lowest BCUT2D eigenvalue weighted by Crippen LogP contribution is -2.11. The van der Waals surface area contributed by atoms with E-state index < -0.39 is 10.5 Å². The van der Waals surface area contributed by atoms with Crippen LogP contribution in [0.4, 0.5) is 5.69 Å². The highest BCUT2D eigenvalue weighted by Gasteiger charge is 2.22. The number of benzene rings is 1. The average molecular weight is 510 g/mol. The van der Waals surface area contributed by atoms with E-state index in [0.717, 1.165) is 12.4 Å². The molecule has 10 heteroatoms. The molecule has 0 fully saturated rings. The van der Waals surface area contributed by atoms with Crippen molar-refractivity contribution < 1.29 is 9.66 Å². The van der Waals surface area contributed by atoms with E-state index >= 15 is 0 Å². The Hall–Kier alpha value is -1.75. The topological polar surface area (TPSA) is 122 Å². The van der Waals surface area contributed by atoms with Crippen molar-refractivity contribution in [2.75, 3.05) is 0 Å². The van der Waals surface area contributed by atoms with Gasteiger partial charge in [0.05, 0.1) is 26.5 Å². The summed E-state index contributed by atoms with van der Waals surface area (Å²) in [5, 5.41) is 20.0. The molecule has 1 N–H and O–H groups in total. The Bertz CT molecular complexity index is 828. The van der Waals surface area contributed by atoms with E-state index in [4.69, 9.17) is 10.00 Å². The number of nitrogens with zero attached hydrogens (tertiary/aromatic N) is 3. The van der Waals surface area contributed by atoms with Crippen molar-refractivity contribution in [2.24, 2.45) is 0 Å². The third-order valence-corrected chi connectivity index (χ3v) is 4.07. The second-order valence-corrected chi connectivity index (χ2v) is 5.87. The molecule has 0 unspecified atom stereocenters. The number of nitriles is 1. The Labute approximate surface area is 144 Å². The highest BCUT2D eigenvalue weighted by atomic mass is 127. The number of aromatic nitrogens is 2. The van der Waals surface area contributed by atoms with E-state index in [1.807, 2.05) is 28.7 Å². The Kier molecular flexibility index (Phi) is 4.73. The number of nitro benzene ring substituents is 1. The van der Waals surface area contributed by atoms with E-state index in [1.165, 1.54) is 6.07 Å². The zero-order valence-electron chi connectivity index (χ0n) is 9.96. The van der Waals surface area contributed by atoms with Crippen LogP contribution in [0.25, 0.3) is 0 Å². The average Bonchev–Trinajstić information content (AvgIpc) is 2.45. The second kappa shape index (κ2) is 6.35. The molecule has 21 heavy (non-hydrogen) atoms. The molecule has 0 aliphatic heterocycles. The molecular formula is C11H4I2N4O4. The molecular weight excluding hydrogens is 506 g/mol. The lowest BCUT2D eigenvalue weighted by Gasteiger charge is -2.08. The minimum absolute atomic E-state index is 0.0370. The fourth-order valence-corrected chi connectivity index (χ4v) is 2.54. The van der Waals surface area contributed by atoms with Gasteiger partial charge in [0.1, 0.15) is 3.57 Å². The van der Waals surface area contributed by atoms with Crippen LogP contribution in [0, 0.1) is 28.6 Å². The van der Waals surface area contributed by atoms with E-state index in [9.17, 15) is 14.9 Å². The highest BCUT2D eigenvalue weighted by Crippen LogP contribution is 2.36. The normalized spacial score (nSPS) is 9.95.